The number of carbonyl (C=O) groups is 1. The Balaban J connectivity index is 1.66. The molecule has 0 amide bonds. The molecule has 0 N–H and O–H groups in total. The van der Waals surface area contributed by atoms with Crippen LogP contribution in [0.4, 0.5) is 8.78 Å². The van der Waals surface area contributed by atoms with Gasteiger partial charge in [-0.25, -0.2) is 0 Å². The summed E-state index contributed by atoms with van der Waals surface area (Å²) in [6.45, 7) is -0.623. The maximum atomic E-state index is 12.1. The van der Waals surface area contributed by atoms with E-state index in [1.807, 2.05) is 0 Å². The summed E-state index contributed by atoms with van der Waals surface area (Å²) in [5, 5.41) is 0. The summed E-state index contributed by atoms with van der Waals surface area (Å²) in [6, 6.07) is 5.67. The van der Waals surface area contributed by atoms with Crippen molar-refractivity contribution < 1.29 is 23.0 Å². The minimum absolute atomic E-state index is 0.0506. The van der Waals surface area contributed by atoms with Crippen molar-refractivity contribution >= 4 is 5.97 Å². The molecule has 1 aromatic rings. The van der Waals surface area contributed by atoms with Crippen LogP contribution in [0.5, 0.6) is 11.5 Å². The van der Waals surface area contributed by atoms with Gasteiger partial charge >= 0.3 is 12.6 Å². The highest BCUT2D eigenvalue weighted by Crippen LogP contribution is 2.34. The lowest BCUT2D eigenvalue weighted by atomic mass is 9.78. The van der Waals surface area contributed by atoms with Gasteiger partial charge in [-0.2, -0.15) is 8.78 Å². The largest absolute Gasteiger partial charge is 0.435 e. The summed E-state index contributed by atoms with van der Waals surface area (Å²) in [7, 11) is 0. The fraction of sp³-hybridized carbons (Fsp3) is 0.650. The average molecular weight is 354 g/mol. The van der Waals surface area contributed by atoms with Crippen LogP contribution in [0.2, 0.25) is 0 Å². The van der Waals surface area contributed by atoms with E-state index in [9.17, 15) is 13.6 Å². The van der Waals surface area contributed by atoms with E-state index in [1.165, 1.54) is 69.2 Å². The molecule has 1 aliphatic rings. The normalized spacial score (nSPS) is 20.5. The van der Waals surface area contributed by atoms with Crippen LogP contribution < -0.4 is 9.47 Å². The van der Waals surface area contributed by atoms with Gasteiger partial charge in [-0.05, 0) is 42.5 Å². The molecule has 1 aliphatic carbocycles. The number of benzene rings is 1. The molecule has 2 rings (SSSR count). The molecule has 0 bridgehead atoms. The van der Waals surface area contributed by atoms with Gasteiger partial charge in [0.05, 0.1) is 0 Å². The van der Waals surface area contributed by atoms with Gasteiger partial charge in [0.25, 0.3) is 0 Å². The molecule has 0 saturated heterocycles. The molecule has 0 heterocycles. The van der Waals surface area contributed by atoms with Crippen LogP contribution in [0.15, 0.2) is 24.3 Å². The Morgan fingerprint density at radius 3 is 2.16 bits per heavy atom. The predicted octanol–water partition coefficient (Wildman–Crippen LogP) is 5.97. The van der Waals surface area contributed by atoms with Gasteiger partial charge in [-0.3, -0.25) is 4.79 Å². The first-order valence-electron chi connectivity index (χ1n) is 9.32. The van der Waals surface area contributed by atoms with E-state index in [-0.39, 0.29) is 11.7 Å². The van der Waals surface area contributed by atoms with Gasteiger partial charge in [0.1, 0.15) is 11.5 Å². The lowest BCUT2D eigenvalue weighted by molar-refractivity contribution is -0.134. The third kappa shape index (κ3) is 7.41. The number of esters is 1. The molecule has 1 aromatic carbocycles. The van der Waals surface area contributed by atoms with Crippen LogP contribution in [0.3, 0.4) is 0 Å². The first-order chi connectivity index (χ1) is 12.1. The molecule has 0 aromatic heterocycles. The fourth-order valence-corrected chi connectivity index (χ4v) is 3.50. The topological polar surface area (TPSA) is 35.5 Å². The number of rotatable bonds is 9. The van der Waals surface area contributed by atoms with Crippen LogP contribution in [0.1, 0.15) is 64.7 Å². The van der Waals surface area contributed by atoms with Crippen LogP contribution >= 0.6 is 0 Å². The molecule has 140 valence electrons. The lowest BCUT2D eigenvalue weighted by Crippen LogP contribution is -2.17. The van der Waals surface area contributed by atoms with Gasteiger partial charge < -0.3 is 9.47 Å². The molecule has 0 atom stereocenters. The number of alkyl halides is 2. The van der Waals surface area contributed by atoms with E-state index in [2.05, 4.69) is 11.7 Å². The first-order valence-corrected chi connectivity index (χ1v) is 9.32. The third-order valence-corrected chi connectivity index (χ3v) is 4.97. The summed E-state index contributed by atoms with van der Waals surface area (Å²) in [5.74, 6) is 1.63. The standard InChI is InChI=1S/C20H28F2O3/c1-2-3-4-15-5-7-16(8-6-15)9-14-19(23)24-17-10-12-18(13-11-17)25-20(21)22/h10-13,15-16,20H,2-9,14H2,1H3. The number of carbonyl (C=O) groups excluding carboxylic acids is 1. The lowest BCUT2D eigenvalue weighted by Gasteiger charge is -2.28. The number of hydrogen-bond acceptors (Lipinski definition) is 3. The minimum Gasteiger partial charge on any atom is -0.435 e. The highest BCUT2D eigenvalue weighted by atomic mass is 19.3. The molecule has 0 unspecified atom stereocenters. The Morgan fingerprint density at radius 1 is 1.04 bits per heavy atom. The van der Waals surface area contributed by atoms with Crippen molar-refractivity contribution in [2.75, 3.05) is 0 Å². The van der Waals surface area contributed by atoms with Crippen LogP contribution in [-0.4, -0.2) is 12.6 Å². The molecule has 5 heteroatoms. The number of unbranched alkanes of at least 4 members (excludes halogenated alkanes) is 1. The summed E-state index contributed by atoms with van der Waals surface area (Å²) in [5.41, 5.74) is 0. The van der Waals surface area contributed by atoms with Crippen LogP contribution in [0.25, 0.3) is 0 Å². The second-order valence-corrected chi connectivity index (χ2v) is 6.89. The number of ether oxygens (including phenoxy) is 2. The van der Waals surface area contributed by atoms with Crippen molar-refractivity contribution in [3.8, 4) is 11.5 Å². The predicted molar refractivity (Wildman–Crippen MR) is 92.9 cm³/mol. The third-order valence-electron chi connectivity index (χ3n) is 4.97. The Bertz CT molecular complexity index is 508. The summed E-state index contributed by atoms with van der Waals surface area (Å²) in [6.07, 6.45) is 10.2. The second-order valence-electron chi connectivity index (χ2n) is 6.89. The smallest absolute Gasteiger partial charge is 0.387 e. The molecule has 1 fully saturated rings. The van der Waals surface area contributed by atoms with Gasteiger partial charge in [0.2, 0.25) is 0 Å². The van der Waals surface area contributed by atoms with Gasteiger partial charge in [0, 0.05) is 6.42 Å². The van der Waals surface area contributed by atoms with Crippen molar-refractivity contribution in [2.24, 2.45) is 11.8 Å². The van der Waals surface area contributed by atoms with Crippen molar-refractivity contribution in [1.82, 2.24) is 0 Å². The van der Waals surface area contributed by atoms with Gasteiger partial charge in [0.15, 0.2) is 0 Å². The SMILES string of the molecule is CCCCC1CCC(CCC(=O)Oc2ccc(OC(F)F)cc2)CC1. The van der Waals surface area contributed by atoms with Crippen molar-refractivity contribution in [1.29, 1.82) is 0 Å². The summed E-state index contributed by atoms with van der Waals surface area (Å²) in [4.78, 5) is 12.0. The summed E-state index contributed by atoms with van der Waals surface area (Å²) < 4.78 is 33.7. The van der Waals surface area contributed by atoms with E-state index in [0.717, 1.165) is 12.3 Å². The van der Waals surface area contributed by atoms with Crippen molar-refractivity contribution in [3.63, 3.8) is 0 Å². The Labute approximate surface area is 148 Å². The highest BCUT2D eigenvalue weighted by molar-refractivity contribution is 5.72. The first kappa shape index (κ1) is 19.7. The molecule has 1 saturated carbocycles. The molecular formula is C20H28F2O3. The van der Waals surface area contributed by atoms with E-state index >= 15 is 0 Å². The average Bonchev–Trinajstić information content (AvgIpc) is 2.60. The zero-order valence-electron chi connectivity index (χ0n) is 14.9. The van der Waals surface area contributed by atoms with E-state index in [4.69, 9.17) is 4.74 Å². The molecule has 3 nitrogen and oxygen atoms in total. The molecule has 0 spiro atoms. The highest BCUT2D eigenvalue weighted by Gasteiger charge is 2.21. The zero-order valence-corrected chi connectivity index (χ0v) is 14.9. The maximum Gasteiger partial charge on any atom is 0.387 e. The van der Waals surface area contributed by atoms with Crippen LogP contribution in [-0.2, 0) is 4.79 Å². The molecule has 0 aliphatic heterocycles. The Hall–Kier alpha value is -1.65. The maximum absolute atomic E-state index is 12.1. The quantitative estimate of drug-likeness (QED) is 0.405. The monoisotopic (exact) mass is 354 g/mol. The second kappa shape index (κ2) is 10.4. The molecule has 0 radical (unpaired) electrons. The van der Waals surface area contributed by atoms with Crippen LogP contribution in [0, 0.1) is 11.8 Å². The van der Waals surface area contributed by atoms with E-state index in [0.29, 0.717) is 18.1 Å². The van der Waals surface area contributed by atoms with Crippen molar-refractivity contribution in [3.05, 3.63) is 24.3 Å². The summed E-state index contributed by atoms with van der Waals surface area (Å²) >= 11 is 0. The minimum atomic E-state index is -2.86. The zero-order chi connectivity index (χ0) is 18.1. The van der Waals surface area contributed by atoms with Gasteiger partial charge in [-0.15, -0.1) is 0 Å². The Morgan fingerprint density at radius 2 is 1.60 bits per heavy atom. The number of hydrogen-bond donors (Lipinski definition) is 0. The Kier molecular flexibility index (Phi) is 8.16. The van der Waals surface area contributed by atoms with Crippen molar-refractivity contribution in [2.45, 2.75) is 71.3 Å². The number of halogens is 2. The van der Waals surface area contributed by atoms with E-state index in [1.54, 1.807) is 0 Å². The fourth-order valence-electron chi connectivity index (χ4n) is 3.50. The van der Waals surface area contributed by atoms with Gasteiger partial charge in [-0.1, -0.05) is 51.9 Å². The molecular weight excluding hydrogens is 326 g/mol. The molecule has 25 heavy (non-hydrogen) atoms. The van der Waals surface area contributed by atoms with E-state index < -0.39 is 6.61 Å².